The van der Waals surface area contributed by atoms with Crippen LogP contribution in [0.2, 0.25) is 0 Å². The predicted molar refractivity (Wildman–Crippen MR) is 54.7 cm³/mol. The van der Waals surface area contributed by atoms with Gasteiger partial charge in [-0.3, -0.25) is 0 Å². The first kappa shape index (κ1) is 9.48. The van der Waals surface area contributed by atoms with Crippen LogP contribution < -0.4 is 5.73 Å². The Labute approximate surface area is 89.2 Å². The van der Waals surface area contributed by atoms with E-state index in [0.29, 0.717) is 29.3 Å². The summed E-state index contributed by atoms with van der Waals surface area (Å²) in [5.74, 6) is 1.87. The molecule has 0 spiro atoms. The zero-order valence-electron chi connectivity index (χ0n) is 7.37. The molecule has 0 fully saturated rings. The molecular formula is C9H9BrN2O2. The van der Waals surface area contributed by atoms with Crippen LogP contribution in [0.25, 0.3) is 11.7 Å². The van der Waals surface area contributed by atoms with E-state index in [2.05, 4.69) is 20.9 Å². The van der Waals surface area contributed by atoms with Crippen molar-refractivity contribution in [3.05, 3.63) is 28.8 Å². The molecule has 2 N–H and O–H groups in total. The van der Waals surface area contributed by atoms with Crippen molar-refractivity contribution in [2.75, 3.05) is 6.54 Å². The molecule has 0 unspecified atom stereocenters. The van der Waals surface area contributed by atoms with Gasteiger partial charge in [0, 0.05) is 6.42 Å². The molecule has 5 heteroatoms. The molecule has 0 atom stereocenters. The molecule has 0 bridgehead atoms. The highest BCUT2D eigenvalue weighted by Gasteiger charge is 2.09. The van der Waals surface area contributed by atoms with E-state index in [0.717, 1.165) is 5.76 Å². The van der Waals surface area contributed by atoms with Gasteiger partial charge < -0.3 is 14.6 Å². The zero-order valence-corrected chi connectivity index (χ0v) is 8.95. The van der Waals surface area contributed by atoms with Gasteiger partial charge in [0.15, 0.2) is 10.4 Å². The van der Waals surface area contributed by atoms with Crippen LogP contribution in [0.15, 0.2) is 31.8 Å². The molecule has 0 aliphatic carbocycles. The van der Waals surface area contributed by atoms with Gasteiger partial charge in [0.05, 0.1) is 6.20 Å². The van der Waals surface area contributed by atoms with Gasteiger partial charge in [-0.1, -0.05) is 0 Å². The number of rotatable bonds is 3. The molecule has 74 valence electrons. The molecule has 0 radical (unpaired) electrons. The van der Waals surface area contributed by atoms with Crippen LogP contribution in [0, 0.1) is 0 Å². The van der Waals surface area contributed by atoms with Gasteiger partial charge in [-0.05, 0) is 34.6 Å². The van der Waals surface area contributed by atoms with E-state index in [1.807, 2.05) is 0 Å². The number of aromatic nitrogens is 1. The Morgan fingerprint density at radius 1 is 1.36 bits per heavy atom. The number of hydrogen-bond acceptors (Lipinski definition) is 4. The lowest BCUT2D eigenvalue weighted by atomic mass is 10.4. The number of hydrogen-bond donors (Lipinski definition) is 1. The topological polar surface area (TPSA) is 65.2 Å². The predicted octanol–water partition coefficient (Wildman–Crippen LogP) is 2.20. The van der Waals surface area contributed by atoms with E-state index < -0.39 is 0 Å². The van der Waals surface area contributed by atoms with Crippen LogP contribution >= 0.6 is 15.9 Å². The lowest BCUT2D eigenvalue weighted by molar-refractivity contribution is 0.480. The van der Waals surface area contributed by atoms with E-state index in [1.165, 1.54) is 0 Å². The smallest absolute Gasteiger partial charge is 0.263 e. The molecule has 2 aromatic rings. The van der Waals surface area contributed by atoms with Crippen molar-refractivity contribution in [3.8, 4) is 11.7 Å². The van der Waals surface area contributed by atoms with Crippen molar-refractivity contribution < 1.29 is 8.83 Å². The minimum absolute atomic E-state index is 0.485. The molecule has 0 aromatic carbocycles. The molecular weight excluding hydrogens is 248 g/mol. The Balaban J connectivity index is 2.24. The Hall–Kier alpha value is -1.07. The van der Waals surface area contributed by atoms with Gasteiger partial charge in [0.1, 0.15) is 5.76 Å². The number of nitrogens with two attached hydrogens (primary N) is 1. The summed E-state index contributed by atoms with van der Waals surface area (Å²) >= 11 is 3.21. The first-order valence-corrected chi connectivity index (χ1v) is 4.99. The second kappa shape index (κ2) is 3.98. The van der Waals surface area contributed by atoms with Gasteiger partial charge in [-0.15, -0.1) is 0 Å². The third kappa shape index (κ3) is 1.88. The maximum Gasteiger partial charge on any atom is 0.263 e. The summed E-state index contributed by atoms with van der Waals surface area (Å²) in [7, 11) is 0. The molecule has 2 heterocycles. The molecule has 14 heavy (non-hydrogen) atoms. The summed E-state index contributed by atoms with van der Waals surface area (Å²) in [5.41, 5.74) is 5.39. The SMILES string of the molecule is NCCc1cnc(-c2ccc(Br)o2)o1. The minimum atomic E-state index is 0.485. The number of furan rings is 1. The van der Waals surface area contributed by atoms with E-state index >= 15 is 0 Å². The Kier molecular flexibility index (Phi) is 2.69. The molecule has 2 rings (SSSR count). The van der Waals surface area contributed by atoms with Crippen molar-refractivity contribution in [2.24, 2.45) is 5.73 Å². The van der Waals surface area contributed by atoms with Crippen molar-refractivity contribution in [3.63, 3.8) is 0 Å². The fourth-order valence-corrected chi connectivity index (χ4v) is 1.42. The summed E-state index contributed by atoms with van der Waals surface area (Å²) in [4.78, 5) is 4.08. The molecule has 0 amide bonds. The first-order chi connectivity index (χ1) is 6.79. The van der Waals surface area contributed by atoms with Crippen LogP contribution in [0.3, 0.4) is 0 Å². The third-order valence-corrected chi connectivity index (χ3v) is 2.15. The van der Waals surface area contributed by atoms with Crippen LogP contribution in [-0.4, -0.2) is 11.5 Å². The number of halogens is 1. The van der Waals surface area contributed by atoms with Crippen molar-refractivity contribution >= 4 is 15.9 Å². The Bertz CT molecular complexity index is 422. The minimum Gasteiger partial charge on any atom is -0.444 e. The lowest BCUT2D eigenvalue weighted by Crippen LogP contribution is -2.01. The van der Waals surface area contributed by atoms with Crippen molar-refractivity contribution in [1.82, 2.24) is 4.98 Å². The highest BCUT2D eigenvalue weighted by molar-refractivity contribution is 9.10. The summed E-state index contributed by atoms with van der Waals surface area (Å²) in [6.07, 6.45) is 2.35. The summed E-state index contributed by atoms with van der Waals surface area (Å²) < 4.78 is 11.4. The number of nitrogens with zero attached hydrogens (tertiary/aromatic N) is 1. The van der Waals surface area contributed by atoms with Gasteiger partial charge in [0.2, 0.25) is 0 Å². The van der Waals surface area contributed by atoms with E-state index in [1.54, 1.807) is 18.3 Å². The van der Waals surface area contributed by atoms with E-state index in [-0.39, 0.29) is 0 Å². The molecule has 0 aliphatic heterocycles. The van der Waals surface area contributed by atoms with Crippen LogP contribution in [0.5, 0.6) is 0 Å². The molecule has 0 aliphatic rings. The van der Waals surface area contributed by atoms with Crippen LogP contribution in [-0.2, 0) is 6.42 Å². The normalized spacial score (nSPS) is 10.7. The van der Waals surface area contributed by atoms with Crippen LogP contribution in [0.4, 0.5) is 0 Å². The van der Waals surface area contributed by atoms with Gasteiger partial charge >= 0.3 is 0 Å². The first-order valence-electron chi connectivity index (χ1n) is 4.20. The number of oxazole rings is 1. The Morgan fingerprint density at radius 3 is 2.86 bits per heavy atom. The largest absolute Gasteiger partial charge is 0.444 e. The highest BCUT2D eigenvalue weighted by atomic mass is 79.9. The fourth-order valence-electron chi connectivity index (χ4n) is 1.11. The molecule has 2 aromatic heterocycles. The second-order valence-electron chi connectivity index (χ2n) is 2.77. The monoisotopic (exact) mass is 256 g/mol. The summed E-state index contributed by atoms with van der Waals surface area (Å²) in [6, 6.07) is 3.59. The zero-order chi connectivity index (χ0) is 9.97. The lowest BCUT2D eigenvalue weighted by Gasteiger charge is -1.89. The van der Waals surface area contributed by atoms with Gasteiger partial charge in [0.25, 0.3) is 5.89 Å². The highest BCUT2D eigenvalue weighted by Crippen LogP contribution is 2.24. The molecule has 0 saturated heterocycles. The molecule has 4 nitrogen and oxygen atoms in total. The van der Waals surface area contributed by atoms with E-state index in [9.17, 15) is 0 Å². The maximum absolute atomic E-state index is 5.42. The standard InChI is InChI=1S/C9H9BrN2O2/c10-8-2-1-7(14-8)9-12-5-6(13-9)3-4-11/h1-2,5H,3-4,11H2. The second-order valence-corrected chi connectivity index (χ2v) is 3.56. The van der Waals surface area contributed by atoms with Crippen molar-refractivity contribution in [2.45, 2.75) is 6.42 Å². The quantitative estimate of drug-likeness (QED) is 0.915. The van der Waals surface area contributed by atoms with Gasteiger partial charge in [-0.2, -0.15) is 0 Å². The average molecular weight is 257 g/mol. The summed E-state index contributed by atoms with van der Waals surface area (Å²) in [6.45, 7) is 0.552. The Morgan fingerprint density at radius 2 is 2.21 bits per heavy atom. The van der Waals surface area contributed by atoms with E-state index in [4.69, 9.17) is 14.6 Å². The fraction of sp³-hybridized carbons (Fsp3) is 0.222. The van der Waals surface area contributed by atoms with Crippen molar-refractivity contribution in [1.29, 1.82) is 0 Å². The van der Waals surface area contributed by atoms with Crippen LogP contribution in [0.1, 0.15) is 5.76 Å². The molecule has 0 saturated carbocycles. The maximum atomic E-state index is 5.42. The third-order valence-electron chi connectivity index (χ3n) is 1.73. The average Bonchev–Trinajstić information content (AvgIpc) is 2.74. The summed E-state index contributed by atoms with van der Waals surface area (Å²) in [5, 5.41) is 0. The van der Waals surface area contributed by atoms with Gasteiger partial charge in [-0.25, -0.2) is 4.98 Å².